The highest BCUT2D eigenvalue weighted by atomic mass is 15.2. The Morgan fingerprint density at radius 1 is 1.41 bits per heavy atom. The largest absolute Gasteiger partial charge is 0.303 e. The van der Waals surface area contributed by atoms with Gasteiger partial charge < -0.3 is 9.30 Å². The summed E-state index contributed by atoms with van der Waals surface area (Å²) in [5.74, 6) is 1.84. The highest BCUT2D eigenvalue weighted by Crippen LogP contribution is 2.27. The minimum atomic E-state index is 0.596. The van der Waals surface area contributed by atoms with E-state index in [2.05, 4.69) is 46.3 Å². The lowest BCUT2D eigenvalue weighted by Gasteiger charge is -2.13. The van der Waals surface area contributed by atoms with Crippen molar-refractivity contribution in [3.05, 3.63) is 35.9 Å². The quantitative estimate of drug-likeness (QED) is 0.788. The number of fused-ring (bicyclic) bond motifs is 1. The van der Waals surface area contributed by atoms with Crippen LogP contribution in [0.3, 0.4) is 0 Å². The fourth-order valence-corrected chi connectivity index (χ4v) is 2.86. The van der Waals surface area contributed by atoms with Gasteiger partial charge in [-0.15, -0.1) is 0 Å². The predicted molar refractivity (Wildman–Crippen MR) is 69.4 cm³/mol. The molecule has 3 rings (SSSR count). The van der Waals surface area contributed by atoms with E-state index in [-0.39, 0.29) is 0 Å². The number of hydrogen-bond donors (Lipinski definition) is 0. The molecule has 0 spiro atoms. The maximum Gasteiger partial charge on any atom is 0.117 e. The SMILES string of the molecule is CCN1CCC(c2ncc3cccc(C)n23)C1. The number of imidazole rings is 1. The van der Waals surface area contributed by atoms with Crippen molar-refractivity contribution in [3.63, 3.8) is 0 Å². The smallest absolute Gasteiger partial charge is 0.117 e. The van der Waals surface area contributed by atoms with Gasteiger partial charge in [0.15, 0.2) is 0 Å². The van der Waals surface area contributed by atoms with Crippen molar-refractivity contribution in [2.24, 2.45) is 0 Å². The predicted octanol–water partition coefficient (Wildman–Crippen LogP) is 2.45. The van der Waals surface area contributed by atoms with E-state index in [1.165, 1.54) is 30.0 Å². The zero-order chi connectivity index (χ0) is 11.8. The van der Waals surface area contributed by atoms with Gasteiger partial charge in [0, 0.05) is 18.2 Å². The first-order chi connectivity index (χ1) is 8.29. The number of hydrogen-bond acceptors (Lipinski definition) is 2. The van der Waals surface area contributed by atoms with Gasteiger partial charge in [-0.2, -0.15) is 0 Å². The van der Waals surface area contributed by atoms with Crippen LogP contribution in [0, 0.1) is 6.92 Å². The van der Waals surface area contributed by atoms with Crippen LogP contribution in [0.25, 0.3) is 5.52 Å². The van der Waals surface area contributed by atoms with Crippen LogP contribution in [-0.4, -0.2) is 33.9 Å². The standard InChI is InChI=1S/C14H19N3/c1-3-16-8-7-12(10-16)14-15-9-13-6-4-5-11(2)17(13)14/h4-6,9,12H,3,7-8,10H2,1-2H3. The number of nitrogens with zero attached hydrogens (tertiary/aromatic N) is 3. The summed E-state index contributed by atoms with van der Waals surface area (Å²) in [5.41, 5.74) is 2.50. The van der Waals surface area contributed by atoms with Crippen molar-refractivity contribution in [1.29, 1.82) is 0 Å². The molecule has 0 aliphatic carbocycles. The molecule has 2 aromatic rings. The molecule has 17 heavy (non-hydrogen) atoms. The maximum atomic E-state index is 4.64. The molecule has 90 valence electrons. The number of likely N-dealkylation sites (N-methyl/N-ethyl adjacent to an activating group) is 1. The third-order valence-corrected chi connectivity index (χ3v) is 3.86. The zero-order valence-corrected chi connectivity index (χ0v) is 10.6. The highest BCUT2D eigenvalue weighted by Gasteiger charge is 2.26. The summed E-state index contributed by atoms with van der Waals surface area (Å²) in [7, 11) is 0. The van der Waals surface area contributed by atoms with E-state index in [1.54, 1.807) is 0 Å². The average Bonchev–Trinajstić information content (AvgIpc) is 2.94. The number of aryl methyl sites for hydroxylation is 1. The van der Waals surface area contributed by atoms with E-state index in [0.29, 0.717) is 5.92 Å². The lowest BCUT2D eigenvalue weighted by Crippen LogP contribution is -2.19. The van der Waals surface area contributed by atoms with Crippen LogP contribution >= 0.6 is 0 Å². The summed E-state index contributed by atoms with van der Waals surface area (Å²) in [4.78, 5) is 7.15. The third-order valence-electron chi connectivity index (χ3n) is 3.86. The summed E-state index contributed by atoms with van der Waals surface area (Å²) in [6.45, 7) is 7.91. The topological polar surface area (TPSA) is 20.5 Å². The molecule has 0 bridgehead atoms. The van der Waals surface area contributed by atoms with Gasteiger partial charge in [0.2, 0.25) is 0 Å². The molecule has 1 fully saturated rings. The minimum absolute atomic E-state index is 0.596. The molecule has 1 atom stereocenters. The fourth-order valence-electron chi connectivity index (χ4n) is 2.86. The molecule has 1 aliphatic heterocycles. The molecule has 1 unspecified atom stereocenters. The first kappa shape index (κ1) is 10.8. The average molecular weight is 229 g/mol. The van der Waals surface area contributed by atoms with Crippen LogP contribution in [0.4, 0.5) is 0 Å². The molecule has 0 radical (unpaired) electrons. The Hall–Kier alpha value is -1.35. The van der Waals surface area contributed by atoms with Crippen LogP contribution in [0.15, 0.2) is 24.4 Å². The van der Waals surface area contributed by atoms with E-state index >= 15 is 0 Å². The van der Waals surface area contributed by atoms with Gasteiger partial charge in [-0.05, 0) is 38.6 Å². The van der Waals surface area contributed by atoms with Crippen LogP contribution in [0.1, 0.15) is 30.8 Å². The van der Waals surface area contributed by atoms with Crippen LogP contribution < -0.4 is 0 Å². The lowest BCUT2D eigenvalue weighted by atomic mass is 10.1. The van der Waals surface area contributed by atoms with Crippen LogP contribution in [-0.2, 0) is 0 Å². The molecule has 1 aliphatic rings. The summed E-state index contributed by atoms with van der Waals surface area (Å²) < 4.78 is 2.31. The number of rotatable bonds is 2. The lowest BCUT2D eigenvalue weighted by molar-refractivity contribution is 0.352. The Balaban J connectivity index is 2.01. The monoisotopic (exact) mass is 229 g/mol. The maximum absolute atomic E-state index is 4.64. The molecule has 1 saturated heterocycles. The second kappa shape index (κ2) is 4.15. The molecule has 3 heteroatoms. The van der Waals surface area contributed by atoms with Gasteiger partial charge in [0.1, 0.15) is 5.82 Å². The number of aromatic nitrogens is 2. The molecule has 2 aromatic heterocycles. The van der Waals surface area contributed by atoms with Gasteiger partial charge >= 0.3 is 0 Å². The van der Waals surface area contributed by atoms with Gasteiger partial charge in [-0.1, -0.05) is 13.0 Å². The molecule has 0 saturated carbocycles. The number of likely N-dealkylation sites (tertiary alicyclic amines) is 1. The second-order valence-corrected chi connectivity index (χ2v) is 4.92. The molecule has 0 N–H and O–H groups in total. The van der Waals surface area contributed by atoms with Gasteiger partial charge in [0.05, 0.1) is 11.7 Å². The Labute approximate surface area is 102 Å². The molecular weight excluding hydrogens is 210 g/mol. The van der Waals surface area contributed by atoms with E-state index in [4.69, 9.17) is 0 Å². The fraction of sp³-hybridized carbons (Fsp3) is 0.500. The van der Waals surface area contributed by atoms with Crippen LogP contribution in [0.2, 0.25) is 0 Å². The summed E-state index contributed by atoms with van der Waals surface area (Å²) in [6, 6.07) is 6.39. The third kappa shape index (κ3) is 1.75. The van der Waals surface area contributed by atoms with Gasteiger partial charge in [-0.25, -0.2) is 4.98 Å². The van der Waals surface area contributed by atoms with Crippen molar-refractivity contribution in [3.8, 4) is 0 Å². The van der Waals surface area contributed by atoms with Crippen molar-refractivity contribution in [2.45, 2.75) is 26.2 Å². The Kier molecular flexibility index (Phi) is 2.63. The molecular formula is C14H19N3. The summed E-state index contributed by atoms with van der Waals surface area (Å²) in [5, 5.41) is 0. The second-order valence-electron chi connectivity index (χ2n) is 4.92. The minimum Gasteiger partial charge on any atom is -0.303 e. The molecule has 3 nitrogen and oxygen atoms in total. The van der Waals surface area contributed by atoms with Gasteiger partial charge in [0.25, 0.3) is 0 Å². The zero-order valence-electron chi connectivity index (χ0n) is 10.6. The van der Waals surface area contributed by atoms with E-state index < -0.39 is 0 Å². The van der Waals surface area contributed by atoms with Gasteiger partial charge in [-0.3, -0.25) is 0 Å². The molecule has 0 aromatic carbocycles. The van der Waals surface area contributed by atoms with E-state index in [1.807, 2.05) is 6.20 Å². The van der Waals surface area contributed by atoms with Crippen molar-refractivity contribution < 1.29 is 0 Å². The summed E-state index contributed by atoms with van der Waals surface area (Å²) >= 11 is 0. The Morgan fingerprint density at radius 2 is 2.29 bits per heavy atom. The van der Waals surface area contributed by atoms with E-state index in [0.717, 1.165) is 13.1 Å². The molecule has 3 heterocycles. The highest BCUT2D eigenvalue weighted by molar-refractivity contribution is 5.47. The van der Waals surface area contributed by atoms with Crippen LogP contribution in [0.5, 0.6) is 0 Å². The normalized spacial score (nSPS) is 21.4. The summed E-state index contributed by atoms with van der Waals surface area (Å²) in [6.07, 6.45) is 3.23. The molecule has 0 amide bonds. The first-order valence-electron chi connectivity index (χ1n) is 6.45. The van der Waals surface area contributed by atoms with E-state index in [9.17, 15) is 0 Å². The Bertz CT molecular complexity index is 529. The van der Waals surface area contributed by atoms with Crippen molar-refractivity contribution in [2.75, 3.05) is 19.6 Å². The van der Waals surface area contributed by atoms with Crippen molar-refractivity contribution in [1.82, 2.24) is 14.3 Å². The van der Waals surface area contributed by atoms with Crippen molar-refractivity contribution >= 4 is 5.52 Å². The Morgan fingerprint density at radius 3 is 3.06 bits per heavy atom. The number of pyridine rings is 1. The first-order valence-corrected chi connectivity index (χ1v) is 6.45.